The number of hydrogen-bond donors (Lipinski definition) is 0. The Morgan fingerprint density at radius 2 is 1.57 bits per heavy atom. The van der Waals surface area contributed by atoms with Crippen LogP contribution in [0.3, 0.4) is 0 Å². The lowest BCUT2D eigenvalue weighted by molar-refractivity contribution is 0.170. The number of benzene rings is 2. The highest BCUT2D eigenvalue weighted by Gasteiger charge is 2.31. The van der Waals surface area contributed by atoms with Crippen molar-refractivity contribution in [3.63, 3.8) is 0 Å². The maximum atomic E-state index is 13.5. The molecule has 0 aromatic heterocycles. The molecule has 2 aliphatic heterocycles. The van der Waals surface area contributed by atoms with Gasteiger partial charge in [-0.15, -0.1) is 12.4 Å². The predicted molar refractivity (Wildman–Crippen MR) is 116 cm³/mol. The highest BCUT2D eigenvalue weighted by Crippen LogP contribution is 2.35. The third kappa shape index (κ3) is 4.20. The topological polar surface area (TPSA) is 40.6 Å². The van der Waals surface area contributed by atoms with Gasteiger partial charge in [0, 0.05) is 37.4 Å². The van der Waals surface area contributed by atoms with Crippen molar-refractivity contribution in [3.8, 4) is 0 Å². The van der Waals surface area contributed by atoms with Gasteiger partial charge in [0.05, 0.1) is 9.79 Å². The minimum Gasteiger partial charge on any atom is -0.368 e. The molecule has 4 nitrogen and oxygen atoms in total. The Balaban J connectivity index is 0.00000256. The molecule has 4 rings (SSSR count). The molecule has 0 spiro atoms. The summed E-state index contributed by atoms with van der Waals surface area (Å²) in [5, 5.41) is 0. The molecule has 0 atom stereocenters. The summed E-state index contributed by atoms with van der Waals surface area (Å²) in [6.07, 6.45) is 3.00. The van der Waals surface area contributed by atoms with Gasteiger partial charge >= 0.3 is 0 Å². The Morgan fingerprint density at radius 3 is 2.20 bits per heavy atom. The van der Waals surface area contributed by atoms with E-state index in [1.54, 1.807) is 12.1 Å². The number of nitrogens with zero attached hydrogens (tertiary/aromatic N) is 2. The summed E-state index contributed by atoms with van der Waals surface area (Å²) in [4.78, 5) is 4.79. The molecule has 0 bridgehead atoms. The van der Waals surface area contributed by atoms with Gasteiger partial charge < -0.3 is 9.80 Å². The van der Waals surface area contributed by atoms with E-state index in [9.17, 15) is 17.2 Å². The lowest BCUT2D eigenvalue weighted by Crippen LogP contribution is -2.46. The first-order valence-corrected chi connectivity index (χ1v) is 11.6. The van der Waals surface area contributed by atoms with Crippen molar-refractivity contribution >= 4 is 27.9 Å². The van der Waals surface area contributed by atoms with Crippen LogP contribution in [-0.2, 0) is 16.3 Å². The summed E-state index contributed by atoms with van der Waals surface area (Å²) in [7, 11) is -3.89. The van der Waals surface area contributed by atoms with E-state index < -0.39 is 21.5 Å². The summed E-state index contributed by atoms with van der Waals surface area (Å²) in [6, 6.07) is 8.87. The summed E-state index contributed by atoms with van der Waals surface area (Å²) in [5.41, 5.74) is 2.09. The number of rotatable bonds is 4. The minimum absolute atomic E-state index is 0. The van der Waals surface area contributed by atoms with Gasteiger partial charge in [0.2, 0.25) is 9.84 Å². The second-order valence-corrected chi connectivity index (χ2v) is 10.1. The molecule has 0 amide bonds. The Bertz CT molecular complexity index is 1020. The molecule has 2 aromatic rings. The molecular weight excluding hydrogens is 430 g/mol. The lowest BCUT2D eigenvalue weighted by atomic mass is 10.0. The summed E-state index contributed by atoms with van der Waals surface area (Å²) in [5.74, 6) is -2.22. The Kier molecular flexibility index (Phi) is 6.75. The molecule has 1 fully saturated rings. The Labute approximate surface area is 183 Å². The molecule has 2 heterocycles. The molecule has 0 aliphatic carbocycles. The molecule has 2 aliphatic rings. The zero-order chi connectivity index (χ0) is 20.8. The van der Waals surface area contributed by atoms with Crippen LogP contribution in [0.25, 0.3) is 0 Å². The van der Waals surface area contributed by atoms with Gasteiger partial charge in [-0.25, -0.2) is 17.2 Å². The van der Waals surface area contributed by atoms with Gasteiger partial charge in [0.25, 0.3) is 0 Å². The fourth-order valence-corrected chi connectivity index (χ4v) is 5.77. The second-order valence-electron chi connectivity index (χ2n) is 8.17. The average Bonchev–Trinajstić information content (AvgIpc) is 3.13. The minimum atomic E-state index is -3.89. The van der Waals surface area contributed by atoms with E-state index in [2.05, 4.69) is 23.6 Å². The largest absolute Gasteiger partial charge is 0.368 e. The SMILES string of the molecule is CC(C)N1CCC(N2CCc3cc(S(=O)(=O)c4ccc(F)c(F)c4)ccc32)CC1.Cl. The second kappa shape index (κ2) is 8.81. The molecule has 0 radical (unpaired) electrons. The zero-order valence-corrected chi connectivity index (χ0v) is 18.8. The number of sulfone groups is 1. The first kappa shape index (κ1) is 23.0. The van der Waals surface area contributed by atoms with Gasteiger partial charge in [-0.2, -0.15) is 0 Å². The zero-order valence-electron chi connectivity index (χ0n) is 17.1. The van der Waals surface area contributed by atoms with E-state index in [4.69, 9.17) is 0 Å². The van der Waals surface area contributed by atoms with Crippen molar-refractivity contribution < 1.29 is 17.2 Å². The van der Waals surface area contributed by atoms with E-state index in [1.807, 2.05) is 6.07 Å². The summed E-state index contributed by atoms with van der Waals surface area (Å²) < 4.78 is 52.5. The first-order valence-electron chi connectivity index (χ1n) is 10.1. The smallest absolute Gasteiger partial charge is 0.206 e. The normalized spacial score (nSPS) is 17.8. The van der Waals surface area contributed by atoms with Gasteiger partial charge in [-0.05, 0) is 75.1 Å². The number of likely N-dealkylation sites (tertiary alicyclic amines) is 1. The van der Waals surface area contributed by atoms with Gasteiger partial charge in [0.1, 0.15) is 0 Å². The maximum absolute atomic E-state index is 13.5. The lowest BCUT2D eigenvalue weighted by Gasteiger charge is -2.39. The molecule has 0 saturated carbocycles. The first-order chi connectivity index (χ1) is 13.8. The number of halogens is 3. The van der Waals surface area contributed by atoms with Crippen molar-refractivity contribution in [2.75, 3.05) is 24.5 Å². The summed E-state index contributed by atoms with van der Waals surface area (Å²) in [6.45, 7) is 7.49. The van der Waals surface area contributed by atoms with Crippen molar-refractivity contribution in [2.24, 2.45) is 0 Å². The van der Waals surface area contributed by atoms with E-state index in [0.29, 0.717) is 12.1 Å². The number of fused-ring (bicyclic) bond motifs is 1. The fraction of sp³-hybridized carbons (Fsp3) is 0.455. The fourth-order valence-electron chi connectivity index (χ4n) is 4.44. The van der Waals surface area contributed by atoms with E-state index in [1.165, 1.54) is 0 Å². The number of anilines is 1. The molecule has 0 N–H and O–H groups in total. The van der Waals surface area contributed by atoms with Crippen molar-refractivity contribution in [1.29, 1.82) is 0 Å². The van der Waals surface area contributed by atoms with Crippen LogP contribution < -0.4 is 4.90 Å². The van der Waals surface area contributed by atoms with Gasteiger partial charge in [-0.3, -0.25) is 0 Å². The third-order valence-electron chi connectivity index (χ3n) is 6.16. The van der Waals surface area contributed by atoms with E-state index in [-0.39, 0.29) is 22.2 Å². The molecule has 8 heteroatoms. The molecule has 30 heavy (non-hydrogen) atoms. The molecule has 0 unspecified atom stereocenters. The monoisotopic (exact) mass is 456 g/mol. The third-order valence-corrected chi connectivity index (χ3v) is 7.91. The number of piperidine rings is 1. The molecule has 1 saturated heterocycles. The van der Waals surface area contributed by atoms with E-state index in [0.717, 1.165) is 68.3 Å². The average molecular weight is 457 g/mol. The van der Waals surface area contributed by atoms with Crippen LogP contribution in [0, 0.1) is 11.6 Å². The van der Waals surface area contributed by atoms with Crippen LogP contribution in [0.15, 0.2) is 46.2 Å². The van der Waals surface area contributed by atoms with E-state index >= 15 is 0 Å². The van der Waals surface area contributed by atoms with Crippen LogP contribution in [-0.4, -0.2) is 45.0 Å². The number of hydrogen-bond acceptors (Lipinski definition) is 4. The molecular formula is C22H27ClF2N2O2S. The maximum Gasteiger partial charge on any atom is 0.206 e. The quantitative estimate of drug-likeness (QED) is 0.637. The van der Waals surface area contributed by atoms with Crippen LogP contribution >= 0.6 is 12.4 Å². The van der Waals surface area contributed by atoms with Crippen LogP contribution in [0.4, 0.5) is 14.5 Å². The van der Waals surface area contributed by atoms with Crippen molar-refractivity contribution in [2.45, 2.75) is 55.0 Å². The van der Waals surface area contributed by atoms with Crippen molar-refractivity contribution in [1.82, 2.24) is 4.90 Å². The van der Waals surface area contributed by atoms with Crippen LogP contribution in [0.5, 0.6) is 0 Å². The predicted octanol–water partition coefficient (Wildman–Crippen LogP) is 4.45. The summed E-state index contributed by atoms with van der Waals surface area (Å²) >= 11 is 0. The van der Waals surface area contributed by atoms with Crippen molar-refractivity contribution in [3.05, 3.63) is 53.6 Å². The highest BCUT2D eigenvalue weighted by molar-refractivity contribution is 7.91. The standard InChI is InChI=1S/C22H26F2N2O2S.ClH/c1-15(2)25-10-8-17(9-11-25)26-12-7-16-13-18(4-6-22(16)26)29(27,28)19-3-5-20(23)21(24)14-19;/h3-6,13-15,17H,7-12H2,1-2H3;1H. The van der Waals surface area contributed by atoms with Gasteiger partial charge in [0.15, 0.2) is 11.6 Å². The van der Waals surface area contributed by atoms with Crippen LogP contribution in [0.1, 0.15) is 32.3 Å². The Morgan fingerprint density at radius 1 is 0.933 bits per heavy atom. The molecule has 164 valence electrons. The Hall–Kier alpha value is -1.70. The molecule has 2 aromatic carbocycles. The highest BCUT2D eigenvalue weighted by atomic mass is 35.5. The van der Waals surface area contributed by atoms with Crippen LogP contribution in [0.2, 0.25) is 0 Å². The van der Waals surface area contributed by atoms with Gasteiger partial charge in [-0.1, -0.05) is 0 Å².